The van der Waals surface area contributed by atoms with E-state index >= 15 is 0 Å². The summed E-state index contributed by atoms with van der Waals surface area (Å²) in [5.74, 6) is -1.35. The van der Waals surface area contributed by atoms with E-state index in [2.05, 4.69) is 5.32 Å². The maximum atomic E-state index is 12.5. The molecule has 0 saturated heterocycles. The van der Waals surface area contributed by atoms with Gasteiger partial charge in [0, 0.05) is 19.7 Å². The summed E-state index contributed by atoms with van der Waals surface area (Å²) in [6.45, 7) is 1.70. The number of carboxylic acids is 1. The van der Waals surface area contributed by atoms with Crippen LogP contribution in [0.4, 0.5) is 0 Å². The first-order chi connectivity index (χ1) is 13.0. The Morgan fingerprint density at radius 2 is 1.89 bits per heavy atom. The van der Waals surface area contributed by atoms with Crippen LogP contribution in [0.1, 0.15) is 46.4 Å². The SMILES string of the molecule is CC(=O)N1C=Cc2ccccc2C1CC(=O)NCc1cccc(C(=O)O)c1. The van der Waals surface area contributed by atoms with Crippen molar-refractivity contribution in [3.05, 3.63) is 77.0 Å². The Bertz CT molecular complexity index is 920. The van der Waals surface area contributed by atoms with Gasteiger partial charge < -0.3 is 15.3 Å². The van der Waals surface area contributed by atoms with Crippen molar-refractivity contribution in [1.29, 1.82) is 0 Å². The third-order valence-corrected chi connectivity index (χ3v) is 4.51. The van der Waals surface area contributed by atoms with Crippen molar-refractivity contribution in [2.24, 2.45) is 0 Å². The molecule has 138 valence electrons. The van der Waals surface area contributed by atoms with E-state index in [1.807, 2.05) is 30.3 Å². The van der Waals surface area contributed by atoms with Crippen molar-refractivity contribution < 1.29 is 19.5 Å². The van der Waals surface area contributed by atoms with Crippen molar-refractivity contribution in [1.82, 2.24) is 10.2 Å². The van der Waals surface area contributed by atoms with Gasteiger partial charge in [-0.15, -0.1) is 0 Å². The molecular formula is C21H20N2O4. The lowest BCUT2D eigenvalue weighted by Crippen LogP contribution is -2.35. The highest BCUT2D eigenvalue weighted by Crippen LogP contribution is 2.32. The van der Waals surface area contributed by atoms with Gasteiger partial charge in [0.05, 0.1) is 18.0 Å². The summed E-state index contributed by atoms with van der Waals surface area (Å²) in [5.41, 5.74) is 2.80. The molecule has 0 aliphatic carbocycles. The maximum Gasteiger partial charge on any atom is 0.335 e. The van der Waals surface area contributed by atoms with Crippen molar-refractivity contribution in [2.45, 2.75) is 25.9 Å². The Morgan fingerprint density at radius 3 is 2.63 bits per heavy atom. The van der Waals surface area contributed by atoms with E-state index in [1.54, 1.807) is 23.2 Å². The molecule has 3 rings (SSSR count). The number of amides is 2. The number of carbonyl (C=O) groups is 3. The topological polar surface area (TPSA) is 86.7 Å². The van der Waals surface area contributed by atoms with E-state index in [-0.39, 0.29) is 36.4 Å². The quantitative estimate of drug-likeness (QED) is 0.854. The normalized spacial score (nSPS) is 15.1. The van der Waals surface area contributed by atoms with Crippen LogP contribution < -0.4 is 5.32 Å². The monoisotopic (exact) mass is 364 g/mol. The Hall–Kier alpha value is -3.41. The molecule has 2 aromatic carbocycles. The molecule has 2 aromatic rings. The second-order valence-electron chi connectivity index (χ2n) is 6.37. The lowest BCUT2D eigenvalue weighted by Gasteiger charge is -2.32. The Kier molecular flexibility index (Phi) is 5.35. The fraction of sp³-hybridized carbons (Fsp3) is 0.190. The van der Waals surface area contributed by atoms with Crippen LogP contribution in [0.2, 0.25) is 0 Å². The number of nitrogens with one attached hydrogen (secondary N) is 1. The van der Waals surface area contributed by atoms with Gasteiger partial charge in [0.2, 0.25) is 11.8 Å². The fourth-order valence-corrected chi connectivity index (χ4v) is 3.18. The maximum absolute atomic E-state index is 12.5. The molecule has 0 spiro atoms. The standard InChI is InChI=1S/C21H20N2O4/c1-14(24)23-10-9-16-6-2-3-8-18(16)19(23)12-20(25)22-13-15-5-4-7-17(11-15)21(26)27/h2-11,19H,12-13H2,1H3,(H,22,25)(H,26,27). The van der Waals surface area contributed by atoms with Crippen LogP contribution in [-0.2, 0) is 16.1 Å². The highest BCUT2D eigenvalue weighted by molar-refractivity contribution is 5.87. The van der Waals surface area contributed by atoms with Crippen molar-refractivity contribution >= 4 is 23.9 Å². The molecule has 0 fully saturated rings. The van der Waals surface area contributed by atoms with Gasteiger partial charge in [-0.25, -0.2) is 4.79 Å². The van der Waals surface area contributed by atoms with Crippen LogP contribution in [0.3, 0.4) is 0 Å². The van der Waals surface area contributed by atoms with Crippen molar-refractivity contribution in [3.8, 4) is 0 Å². The summed E-state index contributed by atoms with van der Waals surface area (Å²) >= 11 is 0. The largest absolute Gasteiger partial charge is 0.478 e. The predicted octanol–water partition coefficient (Wildman–Crippen LogP) is 2.97. The van der Waals surface area contributed by atoms with E-state index in [4.69, 9.17) is 5.11 Å². The molecule has 0 radical (unpaired) electrons. The molecule has 6 heteroatoms. The number of nitrogens with zero attached hydrogens (tertiary/aromatic N) is 1. The van der Waals surface area contributed by atoms with Crippen LogP contribution in [0.25, 0.3) is 6.08 Å². The molecular weight excluding hydrogens is 344 g/mol. The third-order valence-electron chi connectivity index (χ3n) is 4.51. The Morgan fingerprint density at radius 1 is 1.11 bits per heavy atom. The summed E-state index contributed by atoms with van der Waals surface area (Å²) < 4.78 is 0. The first-order valence-corrected chi connectivity index (χ1v) is 8.60. The third kappa shape index (κ3) is 4.23. The molecule has 1 heterocycles. The van der Waals surface area contributed by atoms with E-state index in [9.17, 15) is 14.4 Å². The summed E-state index contributed by atoms with van der Waals surface area (Å²) in [5, 5.41) is 11.9. The number of aromatic carboxylic acids is 1. The highest BCUT2D eigenvalue weighted by Gasteiger charge is 2.28. The van der Waals surface area contributed by atoms with Gasteiger partial charge in [0.15, 0.2) is 0 Å². The lowest BCUT2D eigenvalue weighted by molar-refractivity contribution is -0.130. The Balaban J connectivity index is 1.70. The molecule has 2 N–H and O–H groups in total. The van der Waals surface area contributed by atoms with E-state index in [1.165, 1.54) is 19.1 Å². The molecule has 1 unspecified atom stereocenters. The average Bonchev–Trinajstić information content (AvgIpc) is 2.66. The van der Waals surface area contributed by atoms with Gasteiger partial charge >= 0.3 is 5.97 Å². The number of rotatable bonds is 5. The lowest BCUT2D eigenvalue weighted by atomic mass is 9.93. The number of fused-ring (bicyclic) bond motifs is 1. The second-order valence-corrected chi connectivity index (χ2v) is 6.37. The van der Waals surface area contributed by atoms with Crippen LogP contribution in [-0.4, -0.2) is 27.8 Å². The molecule has 6 nitrogen and oxygen atoms in total. The number of benzene rings is 2. The summed E-state index contributed by atoms with van der Waals surface area (Å²) in [4.78, 5) is 37.1. The Labute approximate surface area is 157 Å². The summed E-state index contributed by atoms with van der Waals surface area (Å²) in [6, 6.07) is 13.7. The van der Waals surface area contributed by atoms with E-state index < -0.39 is 5.97 Å². The van der Waals surface area contributed by atoms with Crippen LogP contribution in [0, 0.1) is 0 Å². The van der Waals surface area contributed by atoms with Crippen molar-refractivity contribution in [2.75, 3.05) is 0 Å². The van der Waals surface area contributed by atoms with Gasteiger partial charge in [-0.2, -0.15) is 0 Å². The minimum Gasteiger partial charge on any atom is -0.478 e. The number of carbonyl (C=O) groups excluding carboxylic acids is 2. The van der Waals surface area contributed by atoms with E-state index in [0.29, 0.717) is 5.56 Å². The van der Waals surface area contributed by atoms with Gasteiger partial charge in [-0.05, 0) is 34.9 Å². The van der Waals surface area contributed by atoms with Gasteiger partial charge in [0.25, 0.3) is 0 Å². The molecule has 0 aromatic heterocycles. The minimum atomic E-state index is -1.01. The van der Waals surface area contributed by atoms with Crippen molar-refractivity contribution in [3.63, 3.8) is 0 Å². The molecule has 1 aliphatic rings. The number of carboxylic acid groups (broad SMARTS) is 1. The zero-order valence-corrected chi connectivity index (χ0v) is 14.9. The highest BCUT2D eigenvalue weighted by atomic mass is 16.4. The second kappa shape index (κ2) is 7.86. The summed E-state index contributed by atoms with van der Waals surface area (Å²) in [7, 11) is 0. The molecule has 1 atom stereocenters. The zero-order valence-electron chi connectivity index (χ0n) is 14.9. The van der Waals surface area contributed by atoms with Crippen LogP contribution in [0.5, 0.6) is 0 Å². The predicted molar refractivity (Wildman–Crippen MR) is 101 cm³/mol. The average molecular weight is 364 g/mol. The van der Waals surface area contributed by atoms with Gasteiger partial charge in [0.1, 0.15) is 0 Å². The molecule has 2 amide bonds. The van der Waals surface area contributed by atoms with Gasteiger partial charge in [-0.3, -0.25) is 9.59 Å². The van der Waals surface area contributed by atoms with Crippen LogP contribution >= 0.6 is 0 Å². The minimum absolute atomic E-state index is 0.125. The number of hydrogen-bond donors (Lipinski definition) is 2. The summed E-state index contributed by atoms with van der Waals surface area (Å²) in [6.07, 6.45) is 3.70. The first kappa shape index (κ1) is 18.4. The number of hydrogen-bond acceptors (Lipinski definition) is 3. The first-order valence-electron chi connectivity index (χ1n) is 8.60. The molecule has 0 saturated carbocycles. The zero-order chi connectivity index (χ0) is 19.4. The van der Waals surface area contributed by atoms with Gasteiger partial charge in [-0.1, -0.05) is 36.4 Å². The molecule has 0 bridgehead atoms. The van der Waals surface area contributed by atoms with Crippen LogP contribution in [0.15, 0.2) is 54.7 Å². The smallest absolute Gasteiger partial charge is 0.335 e. The fourth-order valence-electron chi connectivity index (χ4n) is 3.18. The molecule has 27 heavy (non-hydrogen) atoms. The van der Waals surface area contributed by atoms with E-state index in [0.717, 1.165) is 11.1 Å². The molecule has 1 aliphatic heterocycles.